The molecule has 0 aliphatic rings. The number of nitro benzene ring substituents is 1. The molecule has 0 unspecified atom stereocenters. The summed E-state index contributed by atoms with van der Waals surface area (Å²) in [5.41, 5.74) is 1.65. The first kappa shape index (κ1) is 17.5. The molecule has 2 aromatic carbocycles. The average Bonchev–Trinajstić information content (AvgIpc) is 3.01. The lowest BCUT2D eigenvalue weighted by atomic mass is 10.2. The second-order valence-electron chi connectivity index (χ2n) is 5.04. The Balaban J connectivity index is 1.80. The Morgan fingerprint density at radius 1 is 1.28 bits per heavy atom. The van der Waals surface area contributed by atoms with E-state index < -0.39 is 4.92 Å². The molecule has 0 atom stereocenters. The van der Waals surface area contributed by atoms with Crippen LogP contribution in [0.15, 0.2) is 40.9 Å². The number of hydrogen-bond donors (Lipinski definition) is 0. The van der Waals surface area contributed by atoms with Gasteiger partial charge in [0.25, 0.3) is 5.69 Å². The molecule has 0 spiro atoms. The van der Waals surface area contributed by atoms with Crippen LogP contribution in [0, 0.1) is 10.1 Å². The van der Waals surface area contributed by atoms with Crippen LogP contribution in [0.25, 0.3) is 22.4 Å². The zero-order valence-corrected chi connectivity index (χ0v) is 15.5. The van der Waals surface area contributed by atoms with E-state index in [0.717, 1.165) is 19.7 Å². The van der Waals surface area contributed by atoms with E-state index in [2.05, 4.69) is 20.9 Å². The highest BCUT2D eigenvalue weighted by Gasteiger charge is 2.09. The Kier molecular flexibility index (Phi) is 5.42. The van der Waals surface area contributed by atoms with E-state index >= 15 is 0 Å². The number of non-ortho nitro benzene ring substituents is 1. The van der Waals surface area contributed by atoms with Gasteiger partial charge < -0.3 is 9.47 Å². The maximum absolute atomic E-state index is 10.8. The Hall–Kier alpha value is -2.29. The van der Waals surface area contributed by atoms with Gasteiger partial charge in [-0.3, -0.25) is 10.1 Å². The van der Waals surface area contributed by atoms with Gasteiger partial charge in [-0.1, -0.05) is 12.1 Å². The molecule has 1 heterocycles. The molecule has 128 valence electrons. The number of fused-ring (bicyclic) bond motifs is 1. The fourth-order valence-electron chi connectivity index (χ4n) is 2.15. The first-order valence-corrected chi connectivity index (χ1v) is 8.82. The first-order chi connectivity index (χ1) is 12.1. The van der Waals surface area contributed by atoms with Crippen molar-refractivity contribution in [3.63, 3.8) is 0 Å². The molecule has 8 heteroatoms. The van der Waals surface area contributed by atoms with Crippen LogP contribution in [-0.4, -0.2) is 23.8 Å². The molecule has 0 radical (unpaired) electrons. The summed E-state index contributed by atoms with van der Waals surface area (Å²) < 4.78 is 12.0. The van der Waals surface area contributed by atoms with Gasteiger partial charge in [0.15, 0.2) is 6.79 Å². The van der Waals surface area contributed by atoms with Gasteiger partial charge in [0.1, 0.15) is 10.8 Å². The number of nitrogens with zero attached hydrogens (tertiary/aromatic N) is 2. The van der Waals surface area contributed by atoms with Crippen molar-refractivity contribution in [1.82, 2.24) is 4.98 Å². The normalized spacial score (nSPS) is 11.3. The topological polar surface area (TPSA) is 74.5 Å². The highest BCUT2D eigenvalue weighted by molar-refractivity contribution is 9.10. The molecule has 3 aromatic rings. The summed E-state index contributed by atoms with van der Waals surface area (Å²) in [4.78, 5) is 14.8. The zero-order chi connectivity index (χ0) is 17.8. The number of rotatable bonds is 6. The molecule has 1 aromatic heterocycles. The molecule has 0 aliphatic carbocycles. The van der Waals surface area contributed by atoms with Gasteiger partial charge in [-0.15, -0.1) is 11.3 Å². The smallest absolute Gasteiger partial charge is 0.271 e. The molecular formula is C17H13BrN2O4S. The van der Waals surface area contributed by atoms with E-state index in [1.54, 1.807) is 13.2 Å². The van der Waals surface area contributed by atoms with Gasteiger partial charge in [0.2, 0.25) is 0 Å². The van der Waals surface area contributed by atoms with E-state index in [-0.39, 0.29) is 12.5 Å². The maximum Gasteiger partial charge on any atom is 0.271 e. The molecule has 0 bridgehead atoms. The van der Waals surface area contributed by atoms with Crippen LogP contribution in [0.2, 0.25) is 0 Å². The second kappa shape index (κ2) is 7.73. The lowest BCUT2D eigenvalue weighted by molar-refractivity contribution is -0.384. The molecule has 0 saturated carbocycles. The van der Waals surface area contributed by atoms with E-state index in [1.807, 2.05) is 30.4 Å². The van der Waals surface area contributed by atoms with Crippen LogP contribution < -0.4 is 4.74 Å². The fourth-order valence-corrected chi connectivity index (χ4v) is 3.51. The van der Waals surface area contributed by atoms with E-state index in [0.29, 0.717) is 11.3 Å². The van der Waals surface area contributed by atoms with Crippen molar-refractivity contribution in [2.24, 2.45) is 0 Å². The van der Waals surface area contributed by atoms with E-state index in [9.17, 15) is 10.1 Å². The Morgan fingerprint density at radius 2 is 2.12 bits per heavy atom. The van der Waals surface area contributed by atoms with Crippen molar-refractivity contribution in [2.45, 2.75) is 0 Å². The van der Waals surface area contributed by atoms with Crippen LogP contribution in [0.1, 0.15) is 10.6 Å². The standard InChI is InChI=1S/C17H13BrN2O4S/c1-23-10-24-15-5-2-11(8-13(15)18)3-7-17-19-14-9-12(20(21)22)4-6-16(14)25-17/h2-9H,10H2,1H3. The predicted molar refractivity (Wildman–Crippen MR) is 102 cm³/mol. The maximum atomic E-state index is 10.8. The third kappa shape index (κ3) is 4.22. The monoisotopic (exact) mass is 420 g/mol. The molecule has 3 rings (SSSR count). The van der Waals surface area contributed by atoms with E-state index in [1.165, 1.54) is 23.5 Å². The van der Waals surface area contributed by atoms with E-state index in [4.69, 9.17) is 9.47 Å². The highest BCUT2D eigenvalue weighted by Crippen LogP contribution is 2.29. The van der Waals surface area contributed by atoms with Crippen molar-refractivity contribution in [3.8, 4) is 5.75 Å². The van der Waals surface area contributed by atoms with Crippen LogP contribution >= 0.6 is 27.3 Å². The average molecular weight is 421 g/mol. The minimum Gasteiger partial charge on any atom is -0.466 e. The van der Waals surface area contributed by atoms with Crippen LogP contribution in [0.3, 0.4) is 0 Å². The lowest BCUT2D eigenvalue weighted by Gasteiger charge is -2.07. The number of thiazole rings is 1. The van der Waals surface area contributed by atoms with Gasteiger partial charge in [-0.25, -0.2) is 4.98 Å². The Morgan fingerprint density at radius 3 is 2.84 bits per heavy atom. The third-order valence-electron chi connectivity index (χ3n) is 3.31. The second-order valence-corrected chi connectivity index (χ2v) is 6.95. The van der Waals surface area contributed by atoms with Crippen LogP contribution in [-0.2, 0) is 4.74 Å². The molecule has 0 fully saturated rings. The van der Waals surface area contributed by atoms with Gasteiger partial charge in [0.05, 0.1) is 19.6 Å². The molecule has 6 nitrogen and oxygen atoms in total. The van der Waals surface area contributed by atoms with Crippen molar-refractivity contribution < 1.29 is 14.4 Å². The first-order valence-electron chi connectivity index (χ1n) is 7.21. The number of halogens is 1. The molecule has 0 aliphatic heterocycles. The van der Waals surface area contributed by atoms with Crippen molar-refractivity contribution in [3.05, 3.63) is 61.6 Å². The number of ether oxygens (including phenoxy) is 2. The number of methoxy groups -OCH3 is 1. The van der Waals surface area contributed by atoms with Crippen LogP contribution in [0.5, 0.6) is 5.75 Å². The lowest BCUT2D eigenvalue weighted by Crippen LogP contribution is -1.99. The SMILES string of the molecule is COCOc1ccc(C=Cc2nc3cc([N+](=O)[O-])ccc3s2)cc1Br. The zero-order valence-electron chi connectivity index (χ0n) is 13.1. The molecule has 0 saturated heterocycles. The van der Waals surface area contributed by atoms with Crippen molar-refractivity contribution >= 4 is 55.3 Å². The summed E-state index contributed by atoms with van der Waals surface area (Å²) in [6.45, 7) is 0.186. The van der Waals surface area contributed by atoms with Crippen molar-refractivity contribution in [1.29, 1.82) is 0 Å². The molecule has 25 heavy (non-hydrogen) atoms. The molecule has 0 N–H and O–H groups in total. The predicted octanol–water partition coefficient (Wildman–Crippen LogP) is 5.12. The van der Waals surface area contributed by atoms with Gasteiger partial charge in [-0.05, 0) is 45.8 Å². The summed E-state index contributed by atoms with van der Waals surface area (Å²) in [5, 5.41) is 11.6. The highest BCUT2D eigenvalue weighted by atomic mass is 79.9. The summed E-state index contributed by atoms with van der Waals surface area (Å²) >= 11 is 4.94. The summed E-state index contributed by atoms with van der Waals surface area (Å²) in [5.74, 6) is 0.700. The van der Waals surface area contributed by atoms with Gasteiger partial charge in [0, 0.05) is 19.2 Å². The molecule has 0 amide bonds. The van der Waals surface area contributed by atoms with Crippen LogP contribution in [0.4, 0.5) is 5.69 Å². The minimum atomic E-state index is -0.418. The number of hydrogen-bond acceptors (Lipinski definition) is 6. The fraction of sp³-hybridized carbons (Fsp3) is 0.118. The third-order valence-corrected chi connectivity index (χ3v) is 4.93. The minimum absolute atomic E-state index is 0.0453. The van der Waals surface area contributed by atoms with Gasteiger partial charge >= 0.3 is 0 Å². The summed E-state index contributed by atoms with van der Waals surface area (Å²) in [6.07, 6.45) is 3.81. The Labute approximate surface area is 156 Å². The number of benzene rings is 2. The van der Waals surface area contributed by atoms with Crippen molar-refractivity contribution in [2.75, 3.05) is 13.9 Å². The summed E-state index contributed by atoms with van der Waals surface area (Å²) in [6, 6.07) is 10.4. The van der Waals surface area contributed by atoms with Gasteiger partial charge in [-0.2, -0.15) is 0 Å². The molecular weight excluding hydrogens is 408 g/mol. The Bertz CT molecular complexity index is 955. The largest absolute Gasteiger partial charge is 0.466 e. The quantitative estimate of drug-likeness (QED) is 0.314. The summed E-state index contributed by atoms with van der Waals surface area (Å²) in [7, 11) is 1.57. The number of aromatic nitrogens is 1. The number of nitro groups is 1.